The van der Waals surface area contributed by atoms with Gasteiger partial charge in [0, 0.05) is 20.2 Å². The van der Waals surface area contributed by atoms with Gasteiger partial charge >= 0.3 is 12.0 Å². The summed E-state index contributed by atoms with van der Waals surface area (Å²) in [4.78, 5) is 35.7. The summed E-state index contributed by atoms with van der Waals surface area (Å²) in [5.41, 5.74) is 0. The number of rotatable bonds is 8. The van der Waals surface area contributed by atoms with E-state index < -0.39 is 24.1 Å². The van der Waals surface area contributed by atoms with Crippen LogP contribution in [0.5, 0.6) is 0 Å². The largest absolute Gasteiger partial charge is 0.479 e. The number of amides is 3. The van der Waals surface area contributed by atoms with Crippen molar-refractivity contribution in [2.24, 2.45) is 0 Å². The number of nitrogens with zero attached hydrogens (tertiary/aromatic N) is 1. The summed E-state index contributed by atoms with van der Waals surface area (Å²) < 4.78 is 4.67. The lowest BCUT2D eigenvalue weighted by Gasteiger charge is -2.23. The Labute approximate surface area is 118 Å². The highest BCUT2D eigenvalue weighted by Gasteiger charge is 2.21. The number of likely N-dealkylation sites (N-methyl/N-ethyl adjacent to an activating group) is 1. The van der Waals surface area contributed by atoms with Crippen LogP contribution in [-0.2, 0) is 14.3 Å². The van der Waals surface area contributed by atoms with Gasteiger partial charge in [-0.2, -0.15) is 0 Å². The quantitative estimate of drug-likeness (QED) is 0.565. The standard InChI is InChI=1S/C12H23N3O5/c1-5-15(6-2)10(16)8(3)14-12(19)13-7-9(20-4)11(17)18/h8-9H,5-7H2,1-4H3,(H,17,18)(H2,13,14,19). The Morgan fingerprint density at radius 3 is 2.20 bits per heavy atom. The highest BCUT2D eigenvalue weighted by molar-refractivity contribution is 5.86. The number of carbonyl (C=O) groups excluding carboxylic acids is 2. The number of urea groups is 1. The lowest BCUT2D eigenvalue weighted by atomic mass is 10.3. The van der Waals surface area contributed by atoms with Crippen LogP contribution < -0.4 is 10.6 Å². The van der Waals surface area contributed by atoms with E-state index in [1.807, 2.05) is 13.8 Å². The van der Waals surface area contributed by atoms with Crippen molar-refractivity contribution in [2.75, 3.05) is 26.7 Å². The van der Waals surface area contributed by atoms with E-state index in [9.17, 15) is 14.4 Å². The molecule has 3 amide bonds. The molecular weight excluding hydrogens is 266 g/mol. The normalized spacial score (nSPS) is 13.2. The van der Waals surface area contributed by atoms with E-state index in [-0.39, 0.29) is 12.5 Å². The maximum Gasteiger partial charge on any atom is 0.334 e. The molecule has 0 bridgehead atoms. The van der Waals surface area contributed by atoms with Crippen LogP contribution in [-0.4, -0.2) is 66.8 Å². The van der Waals surface area contributed by atoms with Crippen LogP contribution in [0.25, 0.3) is 0 Å². The number of hydrogen-bond donors (Lipinski definition) is 3. The molecule has 0 fully saturated rings. The maximum absolute atomic E-state index is 11.9. The first-order chi connectivity index (χ1) is 9.37. The monoisotopic (exact) mass is 289 g/mol. The molecule has 2 atom stereocenters. The Kier molecular flexibility index (Phi) is 8.30. The van der Waals surface area contributed by atoms with Crippen molar-refractivity contribution in [1.29, 1.82) is 0 Å². The van der Waals surface area contributed by atoms with E-state index >= 15 is 0 Å². The van der Waals surface area contributed by atoms with E-state index in [1.54, 1.807) is 11.8 Å². The molecule has 0 aromatic rings. The SMILES string of the molecule is CCN(CC)C(=O)C(C)NC(=O)NCC(OC)C(=O)O. The Bertz CT molecular complexity index is 344. The third kappa shape index (κ3) is 5.87. The molecule has 0 aliphatic rings. The van der Waals surface area contributed by atoms with Crippen molar-refractivity contribution >= 4 is 17.9 Å². The van der Waals surface area contributed by atoms with Gasteiger partial charge < -0.3 is 25.4 Å². The van der Waals surface area contributed by atoms with Crippen molar-refractivity contribution < 1.29 is 24.2 Å². The first-order valence-corrected chi connectivity index (χ1v) is 6.46. The van der Waals surface area contributed by atoms with E-state index in [1.165, 1.54) is 7.11 Å². The predicted molar refractivity (Wildman–Crippen MR) is 72.4 cm³/mol. The van der Waals surface area contributed by atoms with Gasteiger partial charge in [-0.15, -0.1) is 0 Å². The minimum Gasteiger partial charge on any atom is -0.479 e. The van der Waals surface area contributed by atoms with E-state index in [0.29, 0.717) is 13.1 Å². The second kappa shape index (κ2) is 9.13. The molecule has 0 saturated heterocycles. The number of nitrogens with one attached hydrogen (secondary N) is 2. The number of carboxylic acids is 1. The predicted octanol–water partition coefficient (Wildman–Crippen LogP) is -0.358. The van der Waals surface area contributed by atoms with Gasteiger partial charge in [0.2, 0.25) is 5.91 Å². The molecular formula is C12H23N3O5. The van der Waals surface area contributed by atoms with Crippen LogP contribution in [0.2, 0.25) is 0 Å². The van der Waals surface area contributed by atoms with Crippen molar-refractivity contribution in [3.63, 3.8) is 0 Å². The first kappa shape index (κ1) is 18.2. The Morgan fingerprint density at radius 1 is 1.25 bits per heavy atom. The summed E-state index contributed by atoms with van der Waals surface area (Å²) in [6, 6.07) is -1.29. The zero-order chi connectivity index (χ0) is 15.7. The van der Waals surface area contributed by atoms with Gasteiger partial charge in [0.15, 0.2) is 6.10 Å². The van der Waals surface area contributed by atoms with Crippen LogP contribution in [0, 0.1) is 0 Å². The highest BCUT2D eigenvalue weighted by Crippen LogP contribution is 1.95. The number of aliphatic carboxylic acids is 1. The summed E-state index contributed by atoms with van der Waals surface area (Å²) in [6.07, 6.45) is -1.12. The summed E-state index contributed by atoms with van der Waals surface area (Å²) in [6.45, 7) is 6.23. The fourth-order valence-corrected chi connectivity index (χ4v) is 1.58. The molecule has 0 rings (SSSR count). The fraction of sp³-hybridized carbons (Fsp3) is 0.750. The van der Waals surface area contributed by atoms with E-state index in [4.69, 9.17) is 5.11 Å². The van der Waals surface area contributed by atoms with Gasteiger partial charge in [0.05, 0.1) is 6.54 Å². The summed E-state index contributed by atoms with van der Waals surface area (Å²) in [5.74, 6) is -1.35. The van der Waals surface area contributed by atoms with Crippen molar-refractivity contribution in [3.8, 4) is 0 Å². The minimum atomic E-state index is -1.17. The molecule has 116 valence electrons. The summed E-state index contributed by atoms with van der Waals surface area (Å²) in [5, 5.41) is 13.5. The smallest absolute Gasteiger partial charge is 0.334 e. The van der Waals surface area contributed by atoms with Crippen molar-refractivity contribution in [3.05, 3.63) is 0 Å². The highest BCUT2D eigenvalue weighted by atomic mass is 16.5. The maximum atomic E-state index is 11.9. The number of methoxy groups -OCH3 is 1. The van der Waals surface area contributed by atoms with Crippen LogP contribution in [0.15, 0.2) is 0 Å². The zero-order valence-electron chi connectivity index (χ0n) is 12.3. The average molecular weight is 289 g/mol. The molecule has 0 saturated carbocycles. The molecule has 0 spiro atoms. The number of carbonyl (C=O) groups is 3. The van der Waals surface area contributed by atoms with Crippen LogP contribution in [0.1, 0.15) is 20.8 Å². The molecule has 8 heteroatoms. The third-order valence-corrected chi connectivity index (χ3v) is 2.80. The Balaban J connectivity index is 4.26. The summed E-state index contributed by atoms with van der Waals surface area (Å²) in [7, 11) is 1.24. The minimum absolute atomic E-state index is 0.177. The molecule has 0 aromatic carbocycles. The van der Waals surface area contributed by atoms with Gasteiger partial charge in [-0.1, -0.05) is 0 Å². The molecule has 0 aliphatic carbocycles. The molecule has 0 aromatic heterocycles. The number of hydrogen-bond acceptors (Lipinski definition) is 4. The van der Waals surface area contributed by atoms with Crippen molar-refractivity contribution in [1.82, 2.24) is 15.5 Å². The molecule has 0 heterocycles. The Hall–Kier alpha value is -1.83. The van der Waals surface area contributed by atoms with Gasteiger partial charge in [-0.3, -0.25) is 4.79 Å². The molecule has 2 unspecified atom stereocenters. The molecule has 0 aliphatic heterocycles. The molecule has 8 nitrogen and oxygen atoms in total. The van der Waals surface area contributed by atoms with Crippen molar-refractivity contribution in [2.45, 2.75) is 32.9 Å². The van der Waals surface area contributed by atoms with Crippen LogP contribution >= 0.6 is 0 Å². The van der Waals surface area contributed by atoms with Gasteiger partial charge in [0.1, 0.15) is 6.04 Å². The average Bonchev–Trinajstić information content (AvgIpc) is 2.40. The topological polar surface area (TPSA) is 108 Å². The molecule has 3 N–H and O–H groups in total. The lowest BCUT2D eigenvalue weighted by molar-refractivity contribution is -0.148. The number of carboxylic acid groups (broad SMARTS) is 1. The van der Waals surface area contributed by atoms with Gasteiger partial charge in [0.25, 0.3) is 0 Å². The van der Waals surface area contributed by atoms with Gasteiger partial charge in [-0.05, 0) is 20.8 Å². The van der Waals surface area contributed by atoms with E-state index in [2.05, 4.69) is 15.4 Å². The second-order valence-corrected chi connectivity index (χ2v) is 4.15. The fourth-order valence-electron chi connectivity index (χ4n) is 1.58. The zero-order valence-corrected chi connectivity index (χ0v) is 12.3. The number of ether oxygens (including phenoxy) is 1. The summed E-state index contributed by atoms with van der Waals surface area (Å²) >= 11 is 0. The molecule has 20 heavy (non-hydrogen) atoms. The second-order valence-electron chi connectivity index (χ2n) is 4.15. The van der Waals surface area contributed by atoms with Gasteiger partial charge in [-0.25, -0.2) is 9.59 Å². The third-order valence-electron chi connectivity index (χ3n) is 2.80. The molecule has 0 radical (unpaired) electrons. The van der Waals surface area contributed by atoms with E-state index in [0.717, 1.165) is 0 Å². The first-order valence-electron chi connectivity index (χ1n) is 6.46. The Morgan fingerprint density at radius 2 is 1.80 bits per heavy atom. The van der Waals surface area contributed by atoms with Crippen LogP contribution in [0.3, 0.4) is 0 Å². The van der Waals surface area contributed by atoms with Crippen LogP contribution in [0.4, 0.5) is 4.79 Å². The lowest BCUT2D eigenvalue weighted by Crippen LogP contribution is -2.51.